The maximum absolute atomic E-state index is 12.9. The first kappa shape index (κ1) is 15.3. The van der Waals surface area contributed by atoms with E-state index in [0.717, 1.165) is 32.5 Å². The summed E-state index contributed by atoms with van der Waals surface area (Å²) in [6, 6.07) is 7.28. The Labute approximate surface area is 143 Å². The molecule has 3 aliphatic rings. The van der Waals surface area contributed by atoms with Crippen LogP contribution in [0, 0.1) is 5.92 Å². The van der Waals surface area contributed by atoms with E-state index in [1.807, 2.05) is 22.9 Å². The lowest BCUT2D eigenvalue weighted by molar-refractivity contribution is -0.176. The Hall–Kier alpha value is -1.21. The van der Waals surface area contributed by atoms with Crippen molar-refractivity contribution in [1.82, 2.24) is 4.90 Å². The van der Waals surface area contributed by atoms with Gasteiger partial charge in [-0.25, -0.2) is 4.79 Å². The highest BCUT2D eigenvalue weighted by Gasteiger charge is 2.46. The lowest BCUT2D eigenvalue weighted by Gasteiger charge is -2.44. The molecule has 23 heavy (non-hydrogen) atoms. The number of ether oxygens (including phenoxy) is 1. The van der Waals surface area contributed by atoms with E-state index < -0.39 is 11.6 Å². The van der Waals surface area contributed by atoms with Gasteiger partial charge in [0.25, 0.3) is 0 Å². The molecular formula is C17H19NO3S2. The highest BCUT2D eigenvalue weighted by molar-refractivity contribution is 7.12. The van der Waals surface area contributed by atoms with E-state index in [1.54, 1.807) is 12.1 Å². The number of fused-ring (bicyclic) bond motifs is 3. The second kappa shape index (κ2) is 6.02. The predicted molar refractivity (Wildman–Crippen MR) is 90.7 cm³/mol. The van der Waals surface area contributed by atoms with Crippen LogP contribution in [0.25, 0.3) is 0 Å². The van der Waals surface area contributed by atoms with Gasteiger partial charge in [-0.05, 0) is 54.7 Å². The van der Waals surface area contributed by atoms with Crippen molar-refractivity contribution in [1.29, 1.82) is 0 Å². The van der Waals surface area contributed by atoms with Crippen LogP contribution in [0.3, 0.4) is 0 Å². The smallest absolute Gasteiger partial charge is 0.349 e. The summed E-state index contributed by atoms with van der Waals surface area (Å²) in [6.45, 7) is 2.99. The quantitative estimate of drug-likeness (QED) is 0.862. The molecule has 3 saturated heterocycles. The second-order valence-corrected chi connectivity index (χ2v) is 8.14. The van der Waals surface area contributed by atoms with Crippen LogP contribution in [0.5, 0.6) is 0 Å². The van der Waals surface area contributed by atoms with Crippen LogP contribution in [0.15, 0.2) is 35.0 Å². The van der Waals surface area contributed by atoms with Gasteiger partial charge in [-0.1, -0.05) is 12.1 Å². The first-order valence-electron chi connectivity index (χ1n) is 7.91. The summed E-state index contributed by atoms with van der Waals surface area (Å²) in [5.74, 6) is -0.110. The lowest BCUT2D eigenvalue weighted by atomic mass is 9.85. The van der Waals surface area contributed by atoms with E-state index in [0.29, 0.717) is 15.7 Å². The largest absolute Gasteiger partial charge is 0.458 e. The second-order valence-electron chi connectivity index (χ2n) is 6.25. The van der Waals surface area contributed by atoms with Crippen LogP contribution in [0.4, 0.5) is 0 Å². The molecule has 1 atom stereocenters. The minimum Gasteiger partial charge on any atom is -0.458 e. The van der Waals surface area contributed by atoms with Crippen LogP contribution in [0.1, 0.15) is 22.6 Å². The van der Waals surface area contributed by atoms with Crippen molar-refractivity contribution in [2.45, 2.75) is 24.5 Å². The summed E-state index contributed by atoms with van der Waals surface area (Å²) in [5.41, 5.74) is -1.69. The van der Waals surface area contributed by atoms with E-state index >= 15 is 0 Å². The van der Waals surface area contributed by atoms with Crippen LogP contribution in [0.2, 0.25) is 0 Å². The van der Waals surface area contributed by atoms with Gasteiger partial charge in [0.2, 0.25) is 5.60 Å². The monoisotopic (exact) mass is 349 g/mol. The minimum atomic E-state index is -1.69. The average Bonchev–Trinajstić information content (AvgIpc) is 3.29. The fourth-order valence-electron chi connectivity index (χ4n) is 3.56. The van der Waals surface area contributed by atoms with Gasteiger partial charge in [0.1, 0.15) is 6.10 Å². The number of thiophene rings is 2. The molecule has 0 saturated carbocycles. The number of rotatable bonds is 4. The first-order chi connectivity index (χ1) is 11.2. The minimum absolute atomic E-state index is 0.101. The topological polar surface area (TPSA) is 49.8 Å². The molecule has 4 nitrogen and oxygen atoms in total. The molecule has 5 heterocycles. The van der Waals surface area contributed by atoms with Crippen molar-refractivity contribution in [2.24, 2.45) is 5.92 Å². The maximum Gasteiger partial charge on any atom is 0.349 e. The summed E-state index contributed by atoms with van der Waals surface area (Å²) in [4.78, 5) is 16.5. The third kappa shape index (κ3) is 2.63. The van der Waals surface area contributed by atoms with Crippen LogP contribution in [-0.4, -0.2) is 41.7 Å². The molecule has 1 N–H and O–H groups in total. The fourth-order valence-corrected chi connectivity index (χ4v) is 5.27. The summed E-state index contributed by atoms with van der Waals surface area (Å²) >= 11 is 2.76. The molecule has 0 aliphatic carbocycles. The highest BCUT2D eigenvalue weighted by atomic mass is 32.1. The third-order valence-corrected chi connectivity index (χ3v) is 6.86. The molecule has 1 unspecified atom stereocenters. The van der Waals surface area contributed by atoms with Gasteiger partial charge in [0, 0.05) is 6.54 Å². The number of aliphatic hydroxyl groups is 1. The summed E-state index contributed by atoms with van der Waals surface area (Å²) in [5, 5.41) is 15.0. The molecule has 3 fully saturated rings. The molecule has 2 aromatic heterocycles. The lowest BCUT2D eigenvalue weighted by Crippen LogP contribution is -2.53. The van der Waals surface area contributed by atoms with Gasteiger partial charge < -0.3 is 9.84 Å². The van der Waals surface area contributed by atoms with Crippen molar-refractivity contribution in [2.75, 3.05) is 19.6 Å². The molecule has 0 radical (unpaired) electrons. The Morgan fingerprint density at radius 1 is 1.17 bits per heavy atom. The highest BCUT2D eigenvalue weighted by Crippen LogP contribution is 2.38. The predicted octanol–water partition coefficient (Wildman–Crippen LogP) is 2.68. The van der Waals surface area contributed by atoms with Crippen LogP contribution in [-0.2, 0) is 15.1 Å². The number of piperidine rings is 3. The van der Waals surface area contributed by atoms with Gasteiger partial charge in [-0.15, -0.1) is 22.7 Å². The Morgan fingerprint density at radius 3 is 2.22 bits per heavy atom. The molecular weight excluding hydrogens is 330 g/mol. The zero-order chi connectivity index (χ0) is 15.9. The molecule has 122 valence electrons. The maximum atomic E-state index is 12.9. The number of esters is 1. The zero-order valence-electron chi connectivity index (χ0n) is 12.7. The summed E-state index contributed by atoms with van der Waals surface area (Å²) in [6.07, 6.45) is 2.06. The van der Waals surface area contributed by atoms with Crippen molar-refractivity contribution < 1.29 is 14.6 Å². The Morgan fingerprint density at radius 2 is 1.78 bits per heavy atom. The number of carbonyl (C=O) groups excluding carboxylic acids is 1. The van der Waals surface area contributed by atoms with Crippen molar-refractivity contribution in [3.05, 3.63) is 44.8 Å². The van der Waals surface area contributed by atoms with Crippen molar-refractivity contribution in [3.63, 3.8) is 0 Å². The van der Waals surface area contributed by atoms with Crippen molar-refractivity contribution >= 4 is 28.6 Å². The Kier molecular flexibility index (Phi) is 4.01. The fraction of sp³-hybridized carbons (Fsp3) is 0.471. The molecule has 0 aromatic carbocycles. The molecule has 0 amide bonds. The summed E-state index contributed by atoms with van der Waals surface area (Å²) in [7, 11) is 0. The third-order valence-electron chi connectivity index (χ3n) is 4.91. The van der Waals surface area contributed by atoms with E-state index in [4.69, 9.17) is 4.74 Å². The Balaban J connectivity index is 1.61. The van der Waals surface area contributed by atoms with Crippen molar-refractivity contribution in [3.8, 4) is 0 Å². The molecule has 3 aliphatic heterocycles. The van der Waals surface area contributed by atoms with Gasteiger partial charge in [0.05, 0.1) is 9.75 Å². The van der Waals surface area contributed by atoms with Gasteiger partial charge in [-0.3, -0.25) is 4.90 Å². The number of nitrogens with zero attached hydrogens (tertiary/aromatic N) is 1. The molecule has 0 spiro atoms. The first-order valence-corrected chi connectivity index (χ1v) is 9.67. The van der Waals surface area contributed by atoms with E-state index in [2.05, 4.69) is 4.90 Å². The molecule has 5 rings (SSSR count). The standard InChI is InChI=1S/C17H19NO3S2/c19-16(21-13-11-18-7-5-12(13)6-8-18)17(20,14-3-1-9-22-14)15-4-2-10-23-15/h1-4,9-10,12-13,20H,5-8,11H2. The summed E-state index contributed by atoms with van der Waals surface area (Å²) < 4.78 is 5.82. The van der Waals surface area contributed by atoms with E-state index in [1.165, 1.54) is 22.7 Å². The average molecular weight is 349 g/mol. The van der Waals surface area contributed by atoms with Gasteiger partial charge >= 0.3 is 5.97 Å². The van der Waals surface area contributed by atoms with E-state index in [9.17, 15) is 9.90 Å². The van der Waals surface area contributed by atoms with Gasteiger partial charge in [0.15, 0.2) is 0 Å². The number of hydrogen-bond acceptors (Lipinski definition) is 6. The number of hydrogen-bond donors (Lipinski definition) is 1. The molecule has 2 aromatic rings. The van der Waals surface area contributed by atoms with Crippen LogP contribution >= 0.6 is 22.7 Å². The van der Waals surface area contributed by atoms with Crippen LogP contribution < -0.4 is 0 Å². The molecule has 2 bridgehead atoms. The van der Waals surface area contributed by atoms with Gasteiger partial charge in [-0.2, -0.15) is 0 Å². The SMILES string of the molecule is O=C(OC1CN2CCC1CC2)C(O)(c1cccs1)c1cccs1. The molecule has 6 heteroatoms. The normalized spacial score (nSPS) is 27.1. The zero-order valence-corrected chi connectivity index (χ0v) is 14.3. The Bertz CT molecular complexity index is 626. The van der Waals surface area contributed by atoms with E-state index in [-0.39, 0.29) is 6.10 Å². The number of carbonyl (C=O) groups is 1.